The monoisotopic (exact) mass is 292 g/mol. The SMILES string of the molecule is C=CC1CC(=O)N(c2ccc(Cc3ccc(N)cc3)cc2)C1. The second-order valence-electron chi connectivity index (χ2n) is 5.79. The summed E-state index contributed by atoms with van der Waals surface area (Å²) in [6, 6.07) is 16.1. The van der Waals surface area contributed by atoms with Gasteiger partial charge in [-0.15, -0.1) is 6.58 Å². The lowest BCUT2D eigenvalue weighted by atomic mass is 10.0. The summed E-state index contributed by atoms with van der Waals surface area (Å²) in [6.07, 6.45) is 3.30. The van der Waals surface area contributed by atoms with Gasteiger partial charge in [-0.25, -0.2) is 0 Å². The lowest BCUT2D eigenvalue weighted by molar-refractivity contribution is -0.117. The lowest BCUT2D eigenvalue weighted by Gasteiger charge is -2.16. The second-order valence-corrected chi connectivity index (χ2v) is 5.79. The molecule has 22 heavy (non-hydrogen) atoms. The Balaban J connectivity index is 1.71. The fourth-order valence-corrected chi connectivity index (χ4v) is 2.81. The summed E-state index contributed by atoms with van der Waals surface area (Å²) < 4.78 is 0. The van der Waals surface area contributed by atoms with Gasteiger partial charge in [0, 0.05) is 30.3 Å². The maximum Gasteiger partial charge on any atom is 0.227 e. The number of carbonyl (C=O) groups is 1. The van der Waals surface area contributed by atoms with Crippen LogP contribution < -0.4 is 10.6 Å². The van der Waals surface area contributed by atoms with Crippen molar-refractivity contribution in [3.8, 4) is 0 Å². The average molecular weight is 292 g/mol. The molecule has 112 valence electrons. The van der Waals surface area contributed by atoms with Gasteiger partial charge >= 0.3 is 0 Å². The highest BCUT2D eigenvalue weighted by molar-refractivity contribution is 5.95. The lowest BCUT2D eigenvalue weighted by Crippen LogP contribution is -2.24. The van der Waals surface area contributed by atoms with Crippen molar-refractivity contribution < 1.29 is 4.79 Å². The van der Waals surface area contributed by atoms with Crippen molar-refractivity contribution in [2.75, 3.05) is 17.2 Å². The smallest absolute Gasteiger partial charge is 0.227 e. The molecular weight excluding hydrogens is 272 g/mol. The van der Waals surface area contributed by atoms with Crippen LogP contribution in [0.3, 0.4) is 0 Å². The van der Waals surface area contributed by atoms with E-state index in [0.717, 1.165) is 24.3 Å². The minimum Gasteiger partial charge on any atom is -0.399 e. The molecule has 3 nitrogen and oxygen atoms in total. The third-order valence-corrected chi connectivity index (χ3v) is 4.12. The fourth-order valence-electron chi connectivity index (χ4n) is 2.81. The van der Waals surface area contributed by atoms with E-state index in [2.05, 4.69) is 18.7 Å². The number of amides is 1. The molecule has 3 rings (SSSR count). The Bertz CT molecular complexity index is 674. The Morgan fingerprint density at radius 1 is 1.09 bits per heavy atom. The molecule has 2 N–H and O–H groups in total. The number of nitrogens with zero attached hydrogens (tertiary/aromatic N) is 1. The van der Waals surface area contributed by atoms with Crippen LogP contribution >= 0.6 is 0 Å². The maximum atomic E-state index is 12.0. The van der Waals surface area contributed by atoms with Crippen molar-refractivity contribution in [3.63, 3.8) is 0 Å². The third kappa shape index (κ3) is 3.03. The molecule has 1 fully saturated rings. The number of benzene rings is 2. The second kappa shape index (κ2) is 6.06. The summed E-state index contributed by atoms with van der Waals surface area (Å²) >= 11 is 0. The highest BCUT2D eigenvalue weighted by atomic mass is 16.2. The quantitative estimate of drug-likeness (QED) is 0.693. The first-order valence-corrected chi connectivity index (χ1v) is 7.52. The number of rotatable bonds is 4. The normalized spacial score (nSPS) is 17.7. The summed E-state index contributed by atoms with van der Waals surface area (Å²) in [5.41, 5.74) is 9.90. The van der Waals surface area contributed by atoms with Crippen molar-refractivity contribution in [3.05, 3.63) is 72.3 Å². The Kier molecular flexibility index (Phi) is 3.96. The largest absolute Gasteiger partial charge is 0.399 e. The predicted molar refractivity (Wildman–Crippen MR) is 90.8 cm³/mol. The molecule has 0 aliphatic carbocycles. The first kappa shape index (κ1) is 14.4. The Labute approximate surface area is 131 Å². The number of hydrogen-bond acceptors (Lipinski definition) is 2. The zero-order valence-corrected chi connectivity index (χ0v) is 12.5. The van der Waals surface area contributed by atoms with E-state index >= 15 is 0 Å². The van der Waals surface area contributed by atoms with Gasteiger partial charge in [0.15, 0.2) is 0 Å². The van der Waals surface area contributed by atoms with Gasteiger partial charge in [-0.1, -0.05) is 30.3 Å². The van der Waals surface area contributed by atoms with Crippen LogP contribution in [0.2, 0.25) is 0 Å². The van der Waals surface area contributed by atoms with E-state index in [1.807, 2.05) is 47.4 Å². The Hall–Kier alpha value is -2.55. The van der Waals surface area contributed by atoms with Gasteiger partial charge in [0.2, 0.25) is 5.91 Å². The van der Waals surface area contributed by atoms with Crippen LogP contribution in [0.4, 0.5) is 11.4 Å². The molecule has 2 aromatic carbocycles. The molecule has 1 aliphatic rings. The first-order chi connectivity index (χ1) is 10.7. The molecule has 0 aromatic heterocycles. The predicted octanol–water partition coefficient (Wildman–Crippen LogP) is 3.40. The van der Waals surface area contributed by atoms with Crippen LogP contribution in [-0.2, 0) is 11.2 Å². The Morgan fingerprint density at radius 2 is 1.68 bits per heavy atom. The summed E-state index contributed by atoms with van der Waals surface area (Å²) in [4.78, 5) is 13.9. The van der Waals surface area contributed by atoms with Gasteiger partial charge in [0.25, 0.3) is 0 Å². The van der Waals surface area contributed by atoms with Crippen LogP contribution in [0.5, 0.6) is 0 Å². The number of nitrogens with two attached hydrogens (primary N) is 1. The molecule has 3 heteroatoms. The molecule has 0 spiro atoms. The molecule has 1 unspecified atom stereocenters. The number of hydrogen-bond donors (Lipinski definition) is 1. The van der Waals surface area contributed by atoms with Crippen molar-refractivity contribution >= 4 is 17.3 Å². The van der Waals surface area contributed by atoms with Gasteiger partial charge < -0.3 is 10.6 Å². The molecule has 0 radical (unpaired) electrons. The first-order valence-electron chi connectivity index (χ1n) is 7.52. The Morgan fingerprint density at radius 3 is 2.23 bits per heavy atom. The van der Waals surface area contributed by atoms with Crippen molar-refractivity contribution in [2.45, 2.75) is 12.8 Å². The van der Waals surface area contributed by atoms with Crippen LogP contribution in [-0.4, -0.2) is 12.5 Å². The molecule has 1 amide bonds. The van der Waals surface area contributed by atoms with E-state index in [0.29, 0.717) is 6.42 Å². The molecule has 1 saturated heterocycles. The highest BCUT2D eigenvalue weighted by Gasteiger charge is 2.28. The molecule has 1 atom stereocenters. The van der Waals surface area contributed by atoms with Gasteiger partial charge in [0.05, 0.1) is 0 Å². The van der Waals surface area contributed by atoms with Gasteiger partial charge in [-0.05, 0) is 41.8 Å². The van der Waals surface area contributed by atoms with E-state index in [1.165, 1.54) is 11.1 Å². The van der Waals surface area contributed by atoms with E-state index < -0.39 is 0 Å². The number of carbonyl (C=O) groups excluding carboxylic acids is 1. The van der Waals surface area contributed by atoms with Crippen LogP contribution in [0.25, 0.3) is 0 Å². The minimum absolute atomic E-state index is 0.177. The van der Waals surface area contributed by atoms with Crippen LogP contribution in [0.1, 0.15) is 17.5 Å². The molecule has 0 saturated carbocycles. The molecule has 0 bridgehead atoms. The molecule has 1 heterocycles. The standard InChI is InChI=1S/C19H20N2O/c1-2-14-12-19(22)21(13-14)18-9-5-16(6-10-18)11-15-3-7-17(20)8-4-15/h2-10,14H,1,11-13,20H2. The average Bonchev–Trinajstić information content (AvgIpc) is 2.91. The third-order valence-electron chi connectivity index (χ3n) is 4.12. The molecule has 2 aromatic rings. The van der Waals surface area contributed by atoms with Crippen LogP contribution in [0.15, 0.2) is 61.2 Å². The summed E-state index contributed by atoms with van der Waals surface area (Å²) in [5.74, 6) is 0.443. The molecule has 1 aliphatic heterocycles. The minimum atomic E-state index is 0.177. The molecular formula is C19H20N2O. The number of anilines is 2. The van der Waals surface area contributed by atoms with Crippen molar-refractivity contribution in [1.29, 1.82) is 0 Å². The van der Waals surface area contributed by atoms with Crippen LogP contribution in [0, 0.1) is 5.92 Å². The van der Waals surface area contributed by atoms with Gasteiger partial charge in [0.1, 0.15) is 0 Å². The zero-order valence-electron chi connectivity index (χ0n) is 12.5. The van der Waals surface area contributed by atoms with E-state index in [1.54, 1.807) is 0 Å². The highest BCUT2D eigenvalue weighted by Crippen LogP contribution is 2.26. The summed E-state index contributed by atoms with van der Waals surface area (Å²) in [7, 11) is 0. The van der Waals surface area contributed by atoms with Gasteiger partial charge in [-0.3, -0.25) is 4.79 Å². The fraction of sp³-hybridized carbons (Fsp3) is 0.211. The van der Waals surface area contributed by atoms with Gasteiger partial charge in [-0.2, -0.15) is 0 Å². The topological polar surface area (TPSA) is 46.3 Å². The maximum absolute atomic E-state index is 12.0. The zero-order chi connectivity index (χ0) is 15.5. The van der Waals surface area contributed by atoms with E-state index in [-0.39, 0.29) is 11.8 Å². The number of nitrogen functional groups attached to an aromatic ring is 1. The van der Waals surface area contributed by atoms with E-state index in [9.17, 15) is 4.79 Å². The van der Waals surface area contributed by atoms with E-state index in [4.69, 9.17) is 5.73 Å². The summed E-state index contributed by atoms with van der Waals surface area (Å²) in [5, 5.41) is 0. The summed E-state index contributed by atoms with van der Waals surface area (Å²) in [6.45, 7) is 4.52. The van der Waals surface area contributed by atoms with Crippen molar-refractivity contribution in [2.24, 2.45) is 5.92 Å². The van der Waals surface area contributed by atoms with Crippen molar-refractivity contribution in [1.82, 2.24) is 0 Å².